The highest BCUT2D eigenvalue weighted by molar-refractivity contribution is 5.94. The molecule has 2 aromatic carbocycles. The number of fused-ring (bicyclic) bond motifs is 1. The predicted octanol–water partition coefficient (Wildman–Crippen LogP) is 2.74. The summed E-state index contributed by atoms with van der Waals surface area (Å²) in [6, 6.07) is 13.3. The van der Waals surface area contributed by atoms with Crippen LogP contribution in [0.2, 0.25) is 0 Å². The highest BCUT2D eigenvalue weighted by atomic mass is 19.1. The van der Waals surface area contributed by atoms with Crippen LogP contribution >= 0.6 is 0 Å². The Morgan fingerprint density at radius 1 is 1.18 bits per heavy atom. The van der Waals surface area contributed by atoms with Gasteiger partial charge in [-0.25, -0.2) is 4.39 Å². The van der Waals surface area contributed by atoms with E-state index in [4.69, 9.17) is 9.47 Å². The largest absolute Gasteiger partial charge is 0.486 e. The normalized spacial score (nSPS) is 16.2. The Balaban J connectivity index is 1.67. The summed E-state index contributed by atoms with van der Waals surface area (Å²) in [5.74, 6) is 0.457. The Kier molecular flexibility index (Phi) is 3.96. The molecule has 0 bridgehead atoms. The Bertz CT molecular complexity index is 689. The lowest BCUT2D eigenvalue weighted by molar-refractivity contribution is 0.0518. The van der Waals surface area contributed by atoms with E-state index in [1.165, 1.54) is 17.0 Å². The molecule has 1 aliphatic rings. The van der Waals surface area contributed by atoms with Gasteiger partial charge in [-0.15, -0.1) is 0 Å². The SMILES string of the molecule is CN(CC1COc2ccccc2O1)C(=O)c1ccccc1F. The van der Waals surface area contributed by atoms with Crippen molar-refractivity contribution in [2.75, 3.05) is 20.2 Å². The van der Waals surface area contributed by atoms with Gasteiger partial charge >= 0.3 is 0 Å². The molecule has 1 aliphatic heterocycles. The van der Waals surface area contributed by atoms with E-state index in [1.807, 2.05) is 24.3 Å². The first-order valence-electron chi connectivity index (χ1n) is 7.03. The minimum absolute atomic E-state index is 0.0575. The molecule has 3 rings (SSSR count). The van der Waals surface area contributed by atoms with Gasteiger partial charge in [0, 0.05) is 7.05 Å². The minimum atomic E-state index is -0.523. The first-order valence-corrected chi connectivity index (χ1v) is 7.03. The molecule has 5 heteroatoms. The topological polar surface area (TPSA) is 38.8 Å². The van der Waals surface area contributed by atoms with Crippen LogP contribution in [0.25, 0.3) is 0 Å². The number of hydrogen-bond acceptors (Lipinski definition) is 3. The Labute approximate surface area is 128 Å². The molecule has 4 nitrogen and oxygen atoms in total. The number of carbonyl (C=O) groups excluding carboxylic acids is 1. The predicted molar refractivity (Wildman–Crippen MR) is 79.7 cm³/mol. The van der Waals surface area contributed by atoms with E-state index in [0.29, 0.717) is 24.7 Å². The van der Waals surface area contributed by atoms with Crippen molar-refractivity contribution in [1.29, 1.82) is 0 Å². The van der Waals surface area contributed by atoms with Crippen LogP contribution < -0.4 is 9.47 Å². The number of rotatable bonds is 3. The summed E-state index contributed by atoms with van der Waals surface area (Å²) >= 11 is 0. The van der Waals surface area contributed by atoms with Crippen LogP contribution in [0.4, 0.5) is 4.39 Å². The number of ether oxygens (including phenoxy) is 2. The smallest absolute Gasteiger partial charge is 0.256 e. The molecule has 1 atom stereocenters. The number of benzene rings is 2. The third-order valence-electron chi connectivity index (χ3n) is 3.50. The summed E-state index contributed by atoms with van der Waals surface area (Å²) < 4.78 is 25.1. The number of hydrogen-bond donors (Lipinski definition) is 0. The monoisotopic (exact) mass is 301 g/mol. The minimum Gasteiger partial charge on any atom is -0.486 e. The molecular weight excluding hydrogens is 285 g/mol. The summed E-state index contributed by atoms with van der Waals surface area (Å²) in [6.45, 7) is 0.674. The molecule has 0 fully saturated rings. The van der Waals surface area contributed by atoms with Crippen molar-refractivity contribution in [3.8, 4) is 11.5 Å². The molecule has 1 unspecified atom stereocenters. The lowest BCUT2D eigenvalue weighted by Gasteiger charge is -2.29. The first kappa shape index (κ1) is 14.4. The molecule has 0 saturated carbocycles. The second kappa shape index (κ2) is 6.05. The maximum Gasteiger partial charge on any atom is 0.256 e. The van der Waals surface area contributed by atoms with Crippen molar-refractivity contribution in [3.05, 3.63) is 59.9 Å². The van der Waals surface area contributed by atoms with Crippen LogP contribution in [-0.4, -0.2) is 37.1 Å². The molecule has 0 N–H and O–H groups in total. The maximum absolute atomic E-state index is 13.7. The molecule has 1 amide bonds. The van der Waals surface area contributed by atoms with Gasteiger partial charge in [0.25, 0.3) is 5.91 Å². The molecule has 22 heavy (non-hydrogen) atoms. The first-order chi connectivity index (χ1) is 10.6. The highest BCUT2D eigenvalue weighted by Gasteiger charge is 2.25. The Morgan fingerprint density at radius 3 is 2.64 bits per heavy atom. The van der Waals surface area contributed by atoms with Gasteiger partial charge in [-0.1, -0.05) is 24.3 Å². The average Bonchev–Trinajstić information content (AvgIpc) is 2.54. The quantitative estimate of drug-likeness (QED) is 0.875. The molecule has 114 valence electrons. The highest BCUT2D eigenvalue weighted by Crippen LogP contribution is 2.31. The van der Waals surface area contributed by atoms with Crippen molar-refractivity contribution < 1.29 is 18.7 Å². The van der Waals surface area contributed by atoms with Gasteiger partial charge < -0.3 is 14.4 Å². The van der Waals surface area contributed by atoms with Crippen molar-refractivity contribution >= 4 is 5.91 Å². The number of para-hydroxylation sites is 2. The van der Waals surface area contributed by atoms with Crippen molar-refractivity contribution in [3.63, 3.8) is 0 Å². The van der Waals surface area contributed by atoms with Gasteiger partial charge in [0.2, 0.25) is 0 Å². The number of nitrogens with zero attached hydrogens (tertiary/aromatic N) is 1. The number of amides is 1. The van der Waals surface area contributed by atoms with Crippen LogP contribution in [0.15, 0.2) is 48.5 Å². The summed E-state index contributed by atoms with van der Waals surface area (Å²) in [5.41, 5.74) is 0.0575. The van der Waals surface area contributed by atoms with Crippen molar-refractivity contribution in [1.82, 2.24) is 4.90 Å². The maximum atomic E-state index is 13.7. The van der Waals surface area contributed by atoms with Crippen LogP contribution in [0, 0.1) is 5.82 Å². The third kappa shape index (κ3) is 2.88. The average molecular weight is 301 g/mol. The molecule has 2 aromatic rings. The van der Waals surface area contributed by atoms with Gasteiger partial charge in [-0.3, -0.25) is 4.79 Å². The molecule has 0 aromatic heterocycles. The lowest BCUT2D eigenvalue weighted by atomic mass is 10.2. The van der Waals surface area contributed by atoms with E-state index in [0.717, 1.165) is 0 Å². The fraction of sp³-hybridized carbons (Fsp3) is 0.235. The second-order valence-corrected chi connectivity index (χ2v) is 5.16. The number of carbonyl (C=O) groups is 1. The van der Waals surface area contributed by atoms with E-state index in [9.17, 15) is 9.18 Å². The van der Waals surface area contributed by atoms with Crippen LogP contribution in [0.3, 0.4) is 0 Å². The van der Waals surface area contributed by atoms with Gasteiger partial charge in [0.1, 0.15) is 12.4 Å². The number of halogens is 1. The van der Waals surface area contributed by atoms with E-state index in [-0.39, 0.29) is 17.6 Å². The van der Waals surface area contributed by atoms with E-state index in [2.05, 4.69) is 0 Å². The van der Waals surface area contributed by atoms with Gasteiger partial charge in [-0.2, -0.15) is 0 Å². The van der Waals surface area contributed by atoms with Crippen molar-refractivity contribution in [2.45, 2.75) is 6.10 Å². The van der Waals surface area contributed by atoms with Crippen LogP contribution in [0.1, 0.15) is 10.4 Å². The molecule has 0 spiro atoms. The Hall–Kier alpha value is -2.56. The van der Waals surface area contributed by atoms with E-state index >= 15 is 0 Å². The molecule has 0 saturated heterocycles. The number of likely N-dealkylation sites (N-methyl/N-ethyl adjacent to an activating group) is 1. The second-order valence-electron chi connectivity index (χ2n) is 5.16. The van der Waals surface area contributed by atoms with Crippen LogP contribution in [0.5, 0.6) is 11.5 Å². The van der Waals surface area contributed by atoms with E-state index < -0.39 is 5.82 Å². The van der Waals surface area contributed by atoms with Gasteiger partial charge in [-0.05, 0) is 24.3 Å². The Morgan fingerprint density at radius 2 is 1.86 bits per heavy atom. The lowest BCUT2D eigenvalue weighted by Crippen LogP contribution is -2.42. The molecule has 1 heterocycles. The molecule has 0 aliphatic carbocycles. The molecule has 0 radical (unpaired) electrons. The fourth-order valence-electron chi connectivity index (χ4n) is 2.38. The fourth-order valence-corrected chi connectivity index (χ4v) is 2.38. The summed E-state index contributed by atoms with van der Waals surface area (Å²) in [6.07, 6.45) is -0.282. The van der Waals surface area contributed by atoms with E-state index in [1.54, 1.807) is 19.2 Å². The third-order valence-corrected chi connectivity index (χ3v) is 3.50. The zero-order valence-electron chi connectivity index (χ0n) is 12.2. The summed E-state index contributed by atoms with van der Waals surface area (Å²) in [7, 11) is 1.62. The molecular formula is C17H16FNO3. The zero-order valence-corrected chi connectivity index (χ0v) is 12.2. The standard InChI is InChI=1S/C17H16FNO3/c1-19(17(20)13-6-2-3-7-14(13)18)10-12-11-21-15-8-4-5-9-16(15)22-12/h2-9,12H,10-11H2,1H3. The zero-order chi connectivity index (χ0) is 15.5. The summed E-state index contributed by atoms with van der Waals surface area (Å²) in [5, 5.41) is 0. The summed E-state index contributed by atoms with van der Waals surface area (Å²) in [4.78, 5) is 13.7. The van der Waals surface area contributed by atoms with Crippen LogP contribution in [-0.2, 0) is 0 Å². The van der Waals surface area contributed by atoms with Gasteiger partial charge in [0.15, 0.2) is 17.6 Å². The van der Waals surface area contributed by atoms with Crippen molar-refractivity contribution in [2.24, 2.45) is 0 Å². The van der Waals surface area contributed by atoms with Gasteiger partial charge in [0.05, 0.1) is 12.1 Å².